The van der Waals surface area contributed by atoms with Crippen molar-refractivity contribution in [1.29, 1.82) is 0 Å². The summed E-state index contributed by atoms with van der Waals surface area (Å²) in [6.07, 6.45) is 3.57. The van der Waals surface area contributed by atoms with E-state index >= 15 is 0 Å². The number of hydrogen-bond acceptors (Lipinski definition) is 5. The molecule has 0 unspecified atom stereocenters. The van der Waals surface area contributed by atoms with E-state index in [1.54, 1.807) is 12.1 Å². The standard InChI is InChI=1S/C12H16BrNO4S2/c1-18-11(15)8-14(9-4-2-3-5-9)20(16,17)12-7-6-10(13)19-12/h6-7,9H,2-5,8H2,1H3. The highest BCUT2D eigenvalue weighted by atomic mass is 79.9. The third-order valence-corrected chi connectivity index (χ3v) is 7.35. The van der Waals surface area contributed by atoms with Gasteiger partial charge in [-0.05, 0) is 40.9 Å². The van der Waals surface area contributed by atoms with Crippen molar-refractivity contribution in [3.05, 3.63) is 15.9 Å². The molecule has 1 aliphatic carbocycles. The molecular formula is C12H16BrNO4S2. The number of rotatable bonds is 5. The monoisotopic (exact) mass is 381 g/mol. The fourth-order valence-electron chi connectivity index (χ4n) is 2.35. The van der Waals surface area contributed by atoms with E-state index in [-0.39, 0.29) is 16.8 Å². The van der Waals surface area contributed by atoms with Crippen LogP contribution in [0, 0.1) is 0 Å². The summed E-state index contributed by atoms with van der Waals surface area (Å²) >= 11 is 4.42. The Morgan fingerprint density at radius 3 is 2.60 bits per heavy atom. The highest BCUT2D eigenvalue weighted by Gasteiger charge is 2.35. The maximum atomic E-state index is 12.7. The molecule has 0 aliphatic heterocycles. The van der Waals surface area contributed by atoms with E-state index in [0.717, 1.165) is 40.8 Å². The van der Waals surface area contributed by atoms with Gasteiger partial charge in [-0.25, -0.2) is 8.42 Å². The highest BCUT2D eigenvalue weighted by molar-refractivity contribution is 9.11. The van der Waals surface area contributed by atoms with E-state index in [9.17, 15) is 13.2 Å². The Morgan fingerprint density at radius 1 is 1.45 bits per heavy atom. The summed E-state index contributed by atoms with van der Waals surface area (Å²) in [5.74, 6) is -0.531. The fourth-order valence-corrected chi connectivity index (χ4v) is 6.12. The zero-order valence-electron chi connectivity index (χ0n) is 11.0. The van der Waals surface area contributed by atoms with Gasteiger partial charge in [0.25, 0.3) is 10.0 Å². The lowest BCUT2D eigenvalue weighted by Crippen LogP contribution is -2.42. The van der Waals surface area contributed by atoms with Crippen molar-refractivity contribution >= 4 is 43.3 Å². The highest BCUT2D eigenvalue weighted by Crippen LogP contribution is 2.33. The SMILES string of the molecule is COC(=O)CN(C1CCCC1)S(=O)(=O)c1ccc(Br)s1. The first-order chi connectivity index (χ1) is 9.45. The van der Waals surface area contributed by atoms with Crippen LogP contribution in [0.15, 0.2) is 20.1 Å². The first-order valence-corrected chi connectivity index (χ1v) is 9.34. The van der Waals surface area contributed by atoms with Crippen LogP contribution >= 0.6 is 27.3 Å². The van der Waals surface area contributed by atoms with Crippen molar-refractivity contribution in [2.75, 3.05) is 13.7 Å². The van der Waals surface area contributed by atoms with Gasteiger partial charge in [-0.1, -0.05) is 12.8 Å². The van der Waals surface area contributed by atoms with Crippen LogP contribution < -0.4 is 0 Å². The van der Waals surface area contributed by atoms with Gasteiger partial charge in [0.2, 0.25) is 0 Å². The second kappa shape index (κ2) is 6.55. The first-order valence-electron chi connectivity index (χ1n) is 6.29. The normalized spacial score (nSPS) is 16.8. The summed E-state index contributed by atoms with van der Waals surface area (Å²) in [6, 6.07) is 3.14. The molecule has 0 amide bonds. The summed E-state index contributed by atoms with van der Waals surface area (Å²) in [5, 5.41) is 0. The van der Waals surface area contributed by atoms with E-state index < -0.39 is 16.0 Å². The van der Waals surface area contributed by atoms with Gasteiger partial charge >= 0.3 is 5.97 Å². The molecule has 1 aromatic heterocycles. The molecule has 0 saturated heterocycles. The molecule has 2 rings (SSSR count). The number of esters is 1. The number of sulfonamides is 1. The van der Waals surface area contributed by atoms with Crippen molar-refractivity contribution in [2.45, 2.75) is 35.9 Å². The van der Waals surface area contributed by atoms with Gasteiger partial charge in [0.15, 0.2) is 0 Å². The van der Waals surface area contributed by atoms with Gasteiger partial charge in [-0.15, -0.1) is 11.3 Å². The average molecular weight is 382 g/mol. The summed E-state index contributed by atoms with van der Waals surface area (Å²) in [6.45, 7) is -0.223. The molecule has 1 saturated carbocycles. The lowest BCUT2D eigenvalue weighted by molar-refractivity contribution is -0.141. The van der Waals surface area contributed by atoms with Crippen LogP contribution in [-0.4, -0.2) is 38.4 Å². The first kappa shape index (κ1) is 15.9. The number of thiophene rings is 1. The molecule has 0 radical (unpaired) electrons. The molecule has 1 fully saturated rings. The van der Waals surface area contributed by atoms with Crippen molar-refractivity contribution < 1.29 is 17.9 Å². The zero-order valence-corrected chi connectivity index (χ0v) is 14.3. The van der Waals surface area contributed by atoms with Crippen molar-refractivity contribution in [2.24, 2.45) is 0 Å². The fraction of sp³-hybridized carbons (Fsp3) is 0.583. The van der Waals surface area contributed by atoms with Crippen LogP contribution in [0.25, 0.3) is 0 Å². The molecule has 1 aromatic rings. The van der Waals surface area contributed by atoms with E-state index in [1.807, 2.05) is 0 Å². The van der Waals surface area contributed by atoms with E-state index in [0.29, 0.717) is 0 Å². The maximum absolute atomic E-state index is 12.7. The molecule has 112 valence electrons. The minimum atomic E-state index is -3.65. The van der Waals surface area contributed by atoms with Crippen LogP contribution in [0.1, 0.15) is 25.7 Å². The Bertz CT molecular complexity index is 578. The minimum Gasteiger partial charge on any atom is -0.468 e. The van der Waals surface area contributed by atoms with Gasteiger partial charge in [-0.3, -0.25) is 4.79 Å². The minimum absolute atomic E-state index is 0.111. The summed E-state index contributed by atoms with van der Waals surface area (Å²) in [4.78, 5) is 11.5. The lowest BCUT2D eigenvalue weighted by atomic mass is 10.2. The average Bonchev–Trinajstić information content (AvgIpc) is 3.06. The van der Waals surface area contributed by atoms with Crippen LogP contribution in [-0.2, 0) is 19.6 Å². The van der Waals surface area contributed by atoms with Crippen LogP contribution in [0.3, 0.4) is 0 Å². The Hall–Kier alpha value is -0.440. The molecule has 8 heteroatoms. The number of carbonyl (C=O) groups excluding carboxylic acids is 1. The number of hydrogen-bond donors (Lipinski definition) is 0. The Kier molecular flexibility index (Phi) is 5.22. The van der Waals surface area contributed by atoms with Crippen molar-refractivity contribution in [3.63, 3.8) is 0 Å². The Morgan fingerprint density at radius 2 is 2.10 bits per heavy atom. The number of methoxy groups -OCH3 is 1. The topological polar surface area (TPSA) is 63.7 Å². The molecule has 0 aromatic carbocycles. The summed E-state index contributed by atoms with van der Waals surface area (Å²) < 4.78 is 32.3. The van der Waals surface area contributed by atoms with E-state index in [4.69, 9.17) is 0 Å². The third kappa shape index (κ3) is 3.41. The van der Waals surface area contributed by atoms with Crippen LogP contribution in [0.4, 0.5) is 0 Å². The number of halogens is 1. The second-order valence-electron chi connectivity index (χ2n) is 4.62. The third-order valence-electron chi connectivity index (χ3n) is 3.36. The van der Waals surface area contributed by atoms with E-state index in [1.165, 1.54) is 11.4 Å². The van der Waals surface area contributed by atoms with Gasteiger partial charge in [0.1, 0.15) is 10.8 Å². The molecule has 5 nitrogen and oxygen atoms in total. The van der Waals surface area contributed by atoms with E-state index in [2.05, 4.69) is 20.7 Å². The molecule has 1 heterocycles. The molecule has 0 N–H and O–H groups in total. The number of ether oxygens (including phenoxy) is 1. The van der Waals surface area contributed by atoms with Crippen molar-refractivity contribution in [3.8, 4) is 0 Å². The quantitative estimate of drug-likeness (QED) is 0.735. The van der Waals surface area contributed by atoms with Gasteiger partial charge < -0.3 is 4.74 Å². The molecule has 0 atom stereocenters. The maximum Gasteiger partial charge on any atom is 0.321 e. The number of carbonyl (C=O) groups is 1. The lowest BCUT2D eigenvalue weighted by Gasteiger charge is -2.26. The van der Waals surface area contributed by atoms with Crippen molar-refractivity contribution in [1.82, 2.24) is 4.31 Å². The van der Waals surface area contributed by atoms with Crippen LogP contribution in [0.2, 0.25) is 0 Å². The smallest absolute Gasteiger partial charge is 0.321 e. The van der Waals surface area contributed by atoms with Gasteiger partial charge in [-0.2, -0.15) is 4.31 Å². The molecule has 1 aliphatic rings. The second-order valence-corrected chi connectivity index (χ2v) is 9.20. The largest absolute Gasteiger partial charge is 0.468 e. The van der Waals surface area contributed by atoms with Crippen LogP contribution in [0.5, 0.6) is 0 Å². The number of nitrogens with zero attached hydrogens (tertiary/aromatic N) is 1. The van der Waals surface area contributed by atoms with Gasteiger partial charge in [0.05, 0.1) is 10.9 Å². The Labute approximate surface area is 131 Å². The summed E-state index contributed by atoms with van der Waals surface area (Å²) in [7, 11) is -2.38. The zero-order chi connectivity index (χ0) is 14.8. The van der Waals surface area contributed by atoms with Gasteiger partial charge in [0, 0.05) is 6.04 Å². The predicted molar refractivity (Wildman–Crippen MR) is 80.2 cm³/mol. The Balaban J connectivity index is 2.31. The predicted octanol–water partition coefficient (Wildman–Crippen LogP) is 2.62. The molecule has 0 spiro atoms. The molecule has 0 bridgehead atoms. The molecular weight excluding hydrogens is 366 g/mol. The molecule has 20 heavy (non-hydrogen) atoms. The summed E-state index contributed by atoms with van der Waals surface area (Å²) in [5.41, 5.74) is 0.